The van der Waals surface area contributed by atoms with Gasteiger partial charge in [0.25, 0.3) is 0 Å². The summed E-state index contributed by atoms with van der Waals surface area (Å²) >= 11 is 4.09. The number of hydrogen-bond donors (Lipinski definition) is 0. The van der Waals surface area contributed by atoms with Gasteiger partial charge in [-0.3, -0.25) is 0 Å². The van der Waals surface area contributed by atoms with Crippen LogP contribution < -0.4 is 0 Å². The predicted molar refractivity (Wildman–Crippen MR) is 64.9 cm³/mol. The van der Waals surface area contributed by atoms with E-state index in [0.717, 1.165) is 20.3 Å². The van der Waals surface area contributed by atoms with Gasteiger partial charge in [-0.1, -0.05) is 20.3 Å². The Hall–Kier alpha value is 0.160. The zero-order valence-corrected chi connectivity index (χ0v) is 10.8. The van der Waals surface area contributed by atoms with Crippen molar-refractivity contribution in [3.05, 3.63) is 16.1 Å². The first-order valence-electron chi connectivity index (χ1n) is 4.32. The van der Waals surface area contributed by atoms with Crippen LogP contribution in [0.3, 0.4) is 0 Å². The fourth-order valence-corrected chi connectivity index (χ4v) is 2.50. The van der Waals surface area contributed by atoms with Gasteiger partial charge in [-0.05, 0) is 28.5 Å². The van der Waals surface area contributed by atoms with Crippen LogP contribution in [0.5, 0.6) is 0 Å². The zero-order chi connectivity index (χ0) is 9.68. The first-order chi connectivity index (χ1) is 6.24. The Balaban J connectivity index is 2.50. The number of thioether (sulfide) groups is 1. The van der Waals surface area contributed by atoms with Gasteiger partial charge in [0.15, 0.2) is 0 Å². The van der Waals surface area contributed by atoms with Gasteiger partial charge in [0.2, 0.25) is 0 Å². The molecule has 1 heterocycles. The maximum Gasteiger partial charge on any atom is 0.116 e. The van der Waals surface area contributed by atoms with E-state index >= 15 is 0 Å². The molecule has 0 aliphatic heterocycles. The normalized spacial score (nSPS) is 12.8. The van der Waals surface area contributed by atoms with Crippen molar-refractivity contribution in [3.63, 3.8) is 0 Å². The Morgan fingerprint density at radius 3 is 3.00 bits per heavy atom. The molecule has 0 N–H and O–H groups in total. The molecule has 13 heavy (non-hydrogen) atoms. The van der Waals surface area contributed by atoms with Crippen molar-refractivity contribution in [3.8, 4) is 0 Å². The van der Waals surface area contributed by atoms with E-state index < -0.39 is 0 Å². The van der Waals surface area contributed by atoms with Crippen molar-refractivity contribution >= 4 is 34.4 Å². The molecule has 0 radical (unpaired) electrons. The maximum absolute atomic E-state index is 4.23. The number of halogens is 1. The van der Waals surface area contributed by atoms with Crippen LogP contribution >= 0.6 is 34.4 Å². The van der Waals surface area contributed by atoms with Crippen molar-refractivity contribution < 1.29 is 0 Å². The number of rotatable bonds is 4. The van der Waals surface area contributed by atoms with Gasteiger partial charge >= 0.3 is 0 Å². The van der Waals surface area contributed by atoms with E-state index in [4.69, 9.17) is 0 Å². The van der Waals surface area contributed by atoms with Gasteiger partial charge in [-0.15, -0.1) is 11.8 Å². The van der Waals surface area contributed by atoms with Crippen LogP contribution in [-0.2, 0) is 0 Å². The van der Waals surface area contributed by atoms with Gasteiger partial charge in [0, 0.05) is 11.9 Å². The summed E-state index contributed by atoms with van der Waals surface area (Å²) < 4.78 is 1.15. The highest BCUT2D eigenvalue weighted by atomic mass is 127. The maximum atomic E-state index is 4.23. The Morgan fingerprint density at radius 2 is 2.38 bits per heavy atom. The van der Waals surface area contributed by atoms with Crippen LogP contribution in [0.2, 0.25) is 0 Å². The third-order valence-corrected chi connectivity index (χ3v) is 4.33. The van der Waals surface area contributed by atoms with Gasteiger partial charge < -0.3 is 0 Å². The Morgan fingerprint density at radius 1 is 1.62 bits per heavy atom. The third kappa shape index (κ3) is 3.81. The van der Waals surface area contributed by atoms with Crippen molar-refractivity contribution in [1.29, 1.82) is 0 Å². The first kappa shape index (κ1) is 11.2. The standard InChI is InChI=1S/C9H13IN2S/c1-3-7(2)5-13-9-8(10)4-11-6-12-9/h4,6-7H,3,5H2,1-2H3. The van der Waals surface area contributed by atoms with Crippen LogP contribution in [0.1, 0.15) is 20.3 Å². The molecule has 0 spiro atoms. The molecule has 72 valence electrons. The second kappa shape index (κ2) is 5.80. The molecule has 2 nitrogen and oxygen atoms in total. The minimum Gasteiger partial charge on any atom is -0.244 e. The van der Waals surface area contributed by atoms with Crippen molar-refractivity contribution in [2.75, 3.05) is 5.75 Å². The molecule has 0 saturated heterocycles. The highest BCUT2D eigenvalue weighted by Gasteiger charge is 2.04. The van der Waals surface area contributed by atoms with E-state index in [1.54, 1.807) is 6.33 Å². The van der Waals surface area contributed by atoms with Gasteiger partial charge in [0.05, 0.1) is 3.57 Å². The van der Waals surface area contributed by atoms with Crippen LogP contribution in [0.4, 0.5) is 0 Å². The summed E-state index contributed by atoms with van der Waals surface area (Å²) in [6.45, 7) is 4.48. The molecule has 0 fully saturated rings. The summed E-state index contributed by atoms with van der Waals surface area (Å²) in [4.78, 5) is 8.19. The quantitative estimate of drug-likeness (QED) is 0.485. The molecule has 0 amide bonds. The molecule has 1 aromatic rings. The second-order valence-electron chi connectivity index (χ2n) is 3.00. The fourth-order valence-electron chi connectivity index (χ4n) is 0.747. The van der Waals surface area contributed by atoms with E-state index in [1.165, 1.54) is 6.42 Å². The molecule has 4 heteroatoms. The molecular formula is C9H13IN2S. The van der Waals surface area contributed by atoms with E-state index in [-0.39, 0.29) is 0 Å². The summed E-state index contributed by atoms with van der Waals surface area (Å²) in [6.07, 6.45) is 4.70. The molecule has 0 aliphatic rings. The lowest BCUT2D eigenvalue weighted by molar-refractivity contribution is 0.636. The number of hydrogen-bond acceptors (Lipinski definition) is 3. The summed E-state index contributed by atoms with van der Waals surface area (Å²) in [6, 6.07) is 0. The van der Waals surface area contributed by atoms with Crippen molar-refractivity contribution in [1.82, 2.24) is 9.97 Å². The third-order valence-electron chi connectivity index (χ3n) is 1.84. The molecule has 0 saturated carbocycles. The first-order valence-corrected chi connectivity index (χ1v) is 6.38. The number of aromatic nitrogens is 2. The van der Waals surface area contributed by atoms with Crippen molar-refractivity contribution in [2.45, 2.75) is 25.3 Å². The lowest BCUT2D eigenvalue weighted by atomic mass is 10.2. The smallest absolute Gasteiger partial charge is 0.116 e. The lowest BCUT2D eigenvalue weighted by Gasteiger charge is -2.07. The van der Waals surface area contributed by atoms with Crippen LogP contribution in [0.25, 0.3) is 0 Å². The monoisotopic (exact) mass is 308 g/mol. The minimum atomic E-state index is 0.760. The average Bonchev–Trinajstić information content (AvgIpc) is 2.16. The van der Waals surface area contributed by atoms with Crippen LogP contribution in [0.15, 0.2) is 17.6 Å². The van der Waals surface area contributed by atoms with E-state index in [9.17, 15) is 0 Å². The number of nitrogens with zero attached hydrogens (tertiary/aromatic N) is 2. The van der Waals surface area contributed by atoms with Crippen LogP contribution in [-0.4, -0.2) is 15.7 Å². The fraction of sp³-hybridized carbons (Fsp3) is 0.556. The van der Waals surface area contributed by atoms with Crippen LogP contribution in [0, 0.1) is 9.49 Å². The van der Waals surface area contributed by atoms with E-state index in [1.807, 2.05) is 18.0 Å². The molecule has 1 unspecified atom stereocenters. The molecule has 1 aromatic heterocycles. The molecule has 0 aromatic carbocycles. The SMILES string of the molecule is CCC(C)CSc1ncncc1I. The van der Waals surface area contributed by atoms with E-state index in [2.05, 4.69) is 46.4 Å². The van der Waals surface area contributed by atoms with Gasteiger partial charge in [-0.2, -0.15) is 0 Å². The highest BCUT2D eigenvalue weighted by Crippen LogP contribution is 2.23. The molecular weight excluding hydrogens is 295 g/mol. The zero-order valence-electron chi connectivity index (χ0n) is 7.83. The second-order valence-corrected chi connectivity index (χ2v) is 5.17. The van der Waals surface area contributed by atoms with Crippen molar-refractivity contribution in [2.24, 2.45) is 5.92 Å². The molecule has 1 rings (SSSR count). The summed E-state index contributed by atoms with van der Waals surface area (Å²) in [7, 11) is 0. The summed E-state index contributed by atoms with van der Waals surface area (Å²) in [5, 5.41) is 1.11. The molecule has 0 bridgehead atoms. The average molecular weight is 308 g/mol. The Kier molecular flexibility index (Phi) is 5.01. The predicted octanol–water partition coefficient (Wildman–Crippen LogP) is 3.22. The highest BCUT2D eigenvalue weighted by molar-refractivity contribution is 14.1. The summed E-state index contributed by atoms with van der Waals surface area (Å²) in [5.74, 6) is 1.90. The Labute approximate surface area is 97.1 Å². The molecule has 0 aliphatic carbocycles. The van der Waals surface area contributed by atoms with Gasteiger partial charge in [0.1, 0.15) is 11.4 Å². The topological polar surface area (TPSA) is 25.8 Å². The van der Waals surface area contributed by atoms with Gasteiger partial charge in [-0.25, -0.2) is 9.97 Å². The largest absolute Gasteiger partial charge is 0.244 e. The summed E-state index contributed by atoms with van der Waals surface area (Å²) in [5.41, 5.74) is 0. The van der Waals surface area contributed by atoms with E-state index in [0.29, 0.717) is 0 Å². The minimum absolute atomic E-state index is 0.760. The Bertz CT molecular complexity index is 268. The lowest BCUT2D eigenvalue weighted by Crippen LogP contribution is -1.97. The molecule has 1 atom stereocenters.